The first kappa shape index (κ1) is 13.8. The van der Waals surface area contributed by atoms with E-state index in [1.807, 2.05) is 6.07 Å². The van der Waals surface area contributed by atoms with Gasteiger partial charge in [0.05, 0.1) is 11.6 Å². The number of nitriles is 1. The van der Waals surface area contributed by atoms with E-state index in [-0.39, 0.29) is 12.5 Å². The molecule has 0 amide bonds. The summed E-state index contributed by atoms with van der Waals surface area (Å²) < 4.78 is 37.4. The number of aromatic nitrogens is 2. The molecule has 2 rings (SSSR count). The smallest absolute Gasteiger partial charge is 0.350 e. The summed E-state index contributed by atoms with van der Waals surface area (Å²) in [6.07, 6.45) is -3.44. The molecule has 0 spiro atoms. The molecule has 0 radical (unpaired) electrons. The number of rotatable bonds is 3. The fourth-order valence-corrected chi connectivity index (χ4v) is 1.48. The first-order chi connectivity index (χ1) is 9.49. The Morgan fingerprint density at radius 3 is 2.45 bits per heavy atom. The molecule has 20 heavy (non-hydrogen) atoms. The topological polar surface area (TPSA) is 61.6 Å². The monoisotopic (exact) mass is 278 g/mol. The van der Waals surface area contributed by atoms with E-state index in [1.165, 1.54) is 0 Å². The van der Waals surface area contributed by atoms with Crippen molar-refractivity contribution in [3.8, 4) is 6.07 Å². The van der Waals surface area contributed by atoms with Gasteiger partial charge in [0.25, 0.3) is 0 Å². The van der Waals surface area contributed by atoms with Gasteiger partial charge in [-0.15, -0.1) is 0 Å². The summed E-state index contributed by atoms with van der Waals surface area (Å²) in [7, 11) is 0. The van der Waals surface area contributed by atoms with Gasteiger partial charge in [-0.05, 0) is 23.8 Å². The van der Waals surface area contributed by atoms with Gasteiger partial charge in [0.1, 0.15) is 5.69 Å². The van der Waals surface area contributed by atoms with Gasteiger partial charge in [-0.2, -0.15) is 18.4 Å². The minimum absolute atomic E-state index is 0.0933. The van der Waals surface area contributed by atoms with Gasteiger partial charge in [-0.25, -0.2) is 9.97 Å². The Labute approximate surface area is 112 Å². The summed E-state index contributed by atoms with van der Waals surface area (Å²) >= 11 is 0. The van der Waals surface area contributed by atoms with E-state index in [0.717, 1.165) is 17.8 Å². The molecular weight excluding hydrogens is 269 g/mol. The van der Waals surface area contributed by atoms with Crippen LogP contribution in [0.1, 0.15) is 16.8 Å². The molecule has 0 aliphatic heterocycles. The third-order valence-electron chi connectivity index (χ3n) is 2.48. The normalized spacial score (nSPS) is 10.9. The van der Waals surface area contributed by atoms with E-state index in [4.69, 9.17) is 5.26 Å². The van der Waals surface area contributed by atoms with Crippen LogP contribution in [0.15, 0.2) is 36.5 Å². The molecule has 0 atom stereocenters. The molecule has 7 heteroatoms. The fourth-order valence-electron chi connectivity index (χ4n) is 1.48. The van der Waals surface area contributed by atoms with E-state index in [1.54, 1.807) is 24.3 Å². The summed E-state index contributed by atoms with van der Waals surface area (Å²) in [6, 6.07) is 9.47. The second kappa shape index (κ2) is 5.57. The van der Waals surface area contributed by atoms with Gasteiger partial charge in [-0.3, -0.25) is 0 Å². The predicted octanol–water partition coefficient (Wildman–Crippen LogP) is 2.98. The minimum atomic E-state index is -4.49. The Morgan fingerprint density at radius 1 is 1.15 bits per heavy atom. The molecule has 0 fully saturated rings. The van der Waals surface area contributed by atoms with E-state index in [9.17, 15) is 13.2 Å². The molecule has 0 aliphatic carbocycles. The van der Waals surface area contributed by atoms with Crippen LogP contribution >= 0.6 is 0 Å². The quantitative estimate of drug-likeness (QED) is 0.937. The van der Waals surface area contributed by atoms with Crippen LogP contribution in [0.4, 0.5) is 19.1 Å². The maximum Gasteiger partial charge on any atom is 0.433 e. The highest BCUT2D eigenvalue weighted by Crippen LogP contribution is 2.27. The first-order valence-electron chi connectivity index (χ1n) is 5.62. The van der Waals surface area contributed by atoms with Gasteiger partial charge in [-0.1, -0.05) is 12.1 Å². The summed E-state index contributed by atoms with van der Waals surface area (Å²) in [6.45, 7) is 0.271. The van der Waals surface area contributed by atoms with Crippen LogP contribution in [0.25, 0.3) is 0 Å². The molecule has 4 nitrogen and oxygen atoms in total. The maximum atomic E-state index is 12.5. The van der Waals surface area contributed by atoms with Crippen molar-refractivity contribution in [3.05, 3.63) is 53.3 Å². The molecule has 0 saturated carbocycles. The highest BCUT2D eigenvalue weighted by molar-refractivity contribution is 5.34. The molecule has 0 aliphatic rings. The van der Waals surface area contributed by atoms with Crippen molar-refractivity contribution < 1.29 is 13.2 Å². The average Bonchev–Trinajstić information content (AvgIpc) is 2.45. The Balaban J connectivity index is 2.05. The lowest BCUT2D eigenvalue weighted by atomic mass is 10.1. The van der Waals surface area contributed by atoms with Crippen molar-refractivity contribution >= 4 is 5.95 Å². The zero-order chi connectivity index (χ0) is 14.6. The van der Waals surface area contributed by atoms with Gasteiger partial charge >= 0.3 is 6.18 Å². The summed E-state index contributed by atoms with van der Waals surface area (Å²) in [5.74, 6) is -0.0933. The van der Waals surface area contributed by atoms with Crippen LogP contribution in [0, 0.1) is 11.3 Å². The second-order valence-corrected chi connectivity index (χ2v) is 3.93. The van der Waals surface area contributed by atoms with Gasteiger partial charge in [0, 0.05) is 12.7 Å². The Kier molecular flexibility index (Phi) is 3.84. The molecule has 102 valence electrons. The SMILES string of the molecule is N#Cc1ccc(CNc2nccc(C(F)(F)F)n2)cc1. The van der Waals surface area contributed by atoms with Crippen LogP contribution in [0.5, 0.6) is 0 Å². The van der Waals surface area contributed by atoms with Gasteiger partial charge in [0.15, 0.2) is 0 Å². The number of halogens is 3. The number of benzene rings is 1. The van der Waals surface area contributed by atoms with Crippen molar-refractivity contribution in [2.45, 2.75) is 12.7 Å². The molecule has 2 aromatic rings. The summed E-state index contributed by atoms with van der Waals surface area (Å²) in [4.78, 5) is 7.12. The first-order valence-corrected chi connectivity index (χ1v) is 5.62. The molecule has 0 saturated heterocycles. The molecule has 1 aromatic carbocycles. The van der Waals surface area contributed by atoms with Crippen molar-refractivity contribution in [1.29, 1.82) is 5.26 Å². The number of hydrogen-bond donors (Lipinski definition) is 1. The van der Waals surface area contributed by atoms with Crippen molar-refractivity contribution in [2.75, 3.05) is 5.32 Å². The Morgan fingerprint density at radius 2 is 1.85 bits per heavy atom. The second-order valence-electron chi connectivity index (χ2n) is 3.93. The lowest BCUT2D eigenvalue weighted by Crippen LogP contribution is -2.11. The van der Waals surface area contributed by atoms with E-state index in [0.29, 0.717) is 5.56 Å². The van der Waals surface area contributed by atoms with Gasteiger partial charge < -0.3 is 5.32 Å². The molecule has 1 N–H and O–H groups in total. The summed E-state index contributed by atoms with van der Waals surface area (Å²) in [5.41, 5.74) is 0.337. The van der Waals surface area contributed by atoms with E-state index < -0.39 is 11.9 Å². The maximum absolute atomic E-state index is 12.5. The number of alkyl halides is 3. The predicted molar refractivity (Wildman–Crippen MR) is 65.5 cm³/mol. The highest BCUT2D eigenvalue weighted by Gasteiger charge is 2.32. The average molecular weight is 278 g/mol. The molecule has 1 aromatic heterocycles. The van der Waals surface area contributed by atoms with Crippen LogP contribution in [-0.2, 0) is 12.7 Å². The van der Waals surface area contributed by atoms with E-state index in [2.05, 4.69) is 15.3 Å². The molecule has 0 bridgehead atoms. The molecule has 0 unspecified atom stereocenters. The van der Waals surface area contributed by atoms with Crippen LogP contribution < -0.4 is 5.32 Å². The molecular formula is C13H9F3N4. The minimum Gasteiger partial charge on any atom is -0.350 e. The largest absolute Gasteiger partial charge is 0.433 e. The lowest BCUT2D eigenvalue weighted by Gasteiger charge is -2.08. The number of hydrogen-bond acceptors (Lipinski definition) is 4. The number of nitrogens with one attached hydrogen (secondary N) is 1. The lowest BCUT2D eigenvalue weighted by molar-refractivity contribution is -0.141. The van der Waals surface area contributed by atoms with E-state index >= 15 is 0 Å². The highest BCUT2D eigenvalue weighted by atomic mass is 19.4. The van der Waals surface area contributed by atoms with Crippen LogP contribution in [0.2, 0.25) is 0 Å². The molecule has 1 heterocycles. The van der Waals surface area contributed by atoms with Gasteiger partial charge in [0.2, 0.25) is 5.95 Å². The zero-order valence-corrected chi connectivity index (χ0v) is 10.1. The van der Waals surface area contributed by atoms with Crippen molar-refractivity contribution in [1.82, 2.24) is 9.97 Å². The third-order valence-corrected chi connectivity index (χ3v) is 2.48. The number of anilines is 1. The van der Waals surface area contributed by atoms with Crippen LogP contribution in [-0.4, -0.2) is 9.97 Å². The zero-order valence-electron chi connectivity index (χ0n) is 10.1. The standard InChI is InChI=1S/C13H9F3N4/c14-13(15,16)11-5-6-18-12(20-11)19-8-10-3-1-9(7-17)2-4-10/h1-6H,8H2,(H,18,19,20). The Hall–Kier alpha value is -2.62. The van der Waals surface area contributed by atoms with Crippen molar-refractivity contribution in [3.63, 3.8) is 0 Å². The summed E-state index contributed by atoms with van der Waals surface area (Å²) in [5, 5.41) is 11.4. The van der Waals surface area contributed by atoms with Crippen molar-refractivity contribution in [2.24, 2.45) is 0 Å². The van der Waals surface area contributed by atoms with Crippen LogP contribution in [0.3, 0.4) is 0 Å². The Bertz CT molecular complexity index is 629. The number of nitrogens with zero attached hydrogens (tertiary/aromatic N) is 3. The fraction of sp³-hybridized carbons (Fsp3) is 0.154. The third kappa shape index (κ3) is 3.45.